The minimum atomic E-state index is -0.394. The lowest BCUT2D eigenvalue weighted by atomic mass is 10.0. The average Bonchev–Trinajstić information content (AvgIpc) is 3.08. The van der Waals surface area contributed by atoms with Gasteiger partial charge < -0.3 is 4.90 Å². The number of unbranched alkanes of at least 4 members (excludes halogenated alkanes) is 1. The maximum absolute atomic E-state index is 12.9. The molecule has 2 rings (SSSR count). The molecule has 0 fully saturated rings. The first-order valence-electron chi connectivity index (χ1n) is 7.81. The van der Waals surface area contributed by atoms with Gasteiger partial charge in [0.05, 0.1) is 0 Å². The molecule has 0 N–H and O–H groups in total. The van der Waals surface area contributed by atoms with E-state index in [2.05, 4.69) is 22.4 Å². The van der Waals surface area contributed by atoms with E-state index in [9.17, 15) is 4.79 Å². The van der Waals surface area contributed by atoms with E-state index in [0.717, 1.165) is 24.9 Å². The maximum Gasteiger partial charge on any atom is 0.247 e. The molecule has 0 aliphatic carbocycles. The molecule has 1 aromatic heterocycles. The Balaban J connectivity index is 2.18. The number of hydrogen-bond donors (Lipinski definition) is 0. The van der Waals surface area contributed by atoms with Gasteiger partial charge in [-0.05, 0) is 29.3 Å². The van der Waals surface area contributed by atoms with Gasteiger partial charge in [-0.3, -0.25) is 4.79 Å². The number of carbonyl (C=O) groups excluding carboxylic acids is 1. The van der Waals surface area contributed by atoms with Crippen molar-refractivity contribution in [2.24, 2.45) is 0 Å². The Bertz CT molecular complexity index is 555. The second-order valence-corrected chi connectivity index (χ2v) is 5.27. The molecule has 1 unspecified atom stereocenters. The van der Waals surface area contributed by atoms with E-state index >= 15 is 0 Å². The maximum atomic E-state index is 12.9. The number of benzene rings is 1. The molecule has 6 heteroatoms. The molecule has 0 bridgehead atoms. The van der Waals surface area contributed by atoms with Crippen LogP contribution in [-0.4, -0.2) is 44.1 Å². The fourth-order valence-corrected chi connectivity index (χ4v) is 2.43. The Hall–Kier alpha value is -2.24. The van der Waals surface area contributed by atoms with Gasteiger partial charge >= 0.3 is 0 Å². The third-order valence-corrected chi connectivity index (χ3v) is 3.72. The molecule has 1 atom stereocenters. The molecule has 0 aliphatic heterocycles. The topological polar surface area (TPSA) is 63.9 Å². The molecule has 22 heavy (non-hydrogen) atoms. The first-order valence-corrected chi connectivity index (χ1v) is 7.81. The fraction of sp³-hybridized carbons (Fsp3) is 0.500. The van der Waals surface area contributed by atoms with Gasteiger partial charge in [0.1, 0.15) is 12.4 Å². The van der Waals surface area contributed by atoms with Gasteiger partial charge in [-0.15, -0.1) is 5.10 Å². The van der Waals surface area contributed by atoms with Crippen molar-refractivity contribution in [1.29, 1.82) is 0 Å². The van der Waals surface area contributed by atoms with Crippen LogP contribution in [0.25, 0.3) is 0 Å². The second kappa shape index (κ2) is 8.26. The number of likely N-dealkylation sites (N-methyl/N-ethyl adjacent to an activating group) is 1. The Kier molecular flexibility index (Phi) is 6.06. The molecule has 0 saturated heterocycles. The van der Waals surface area contributed by atoms with Crippen molar-refractivity contribution < 1.29 is 4.79 Å². The summed E-state index contributed by atoms with van der Waals surface area (Å²) in [6.45, 7) is 5.61. The van der Waals surface area contributed by atoms with Crippen molar-refractivity contribution in [3.63, 3.8) is 0 Å². The number of rotatable bonds is 8. The number of nitrogens with zero attached hydrogens (tertiary/aromatic N) is 5. The van der Waals surface area contributed by atoms with Crippen molar-refractivity contribution in [2.75, 3.05) is 13.1 Å². The Morgan fingerprint density at radius 2 is 2.05 bits per heavy atom. The van der Waals surface area contributed by atoms with E-state index in [1.165, 1.54) is 6.33 Å². The molecule has 0 saturated carbocycles. The molecule has 118 valence electrons. The normalized spacial score (nSPS) is 12.1. The van der Waals surface area contributed by atoms with E-state index in [1.54, 1.807) is 4.68 Å². The summed E-state index contributed by atoms with van der Waals surface area (Å²) in [6, 6.07) is 9.57. The highest BCUT2D eigenvalue weighted by atomic mass is 16.2. The quantitative estimate of drug-likeness (QED) is 0.749. The van der Waals surface area contributed by atoms with Gasteiger partial charge in [0.2, 0.25) is 5.91 Å². The van der Waals surface area contributed by atoms with Crippen LogP contribution in [0, 0.1) is 0 Å². The van der Waals surface area contributed by atoms with Gasteiger partial charge in [0.15, 0.2) is 0 Å². The number of tetrazole rings is 1. The number of hydrogen-bond acceptors (Lipinski definition) is 4. The SMILES string of the molecule is CCCCN(CC)C(=O)C(Cc1ccccc1)n1cnnn1. The van der Waals surface area contributed by atoms with E-state index in [4.69, 9.17) is 0 Å². The summed E-state index contributed by atoms with van der Waals surface area (Å²) >= 11 is 0. The fourth-order valence-electron chi connectivity index (χ4n) is 2.43. The van der Waals surface area contributed by atoms with Crippen molar-refractivity contribution in [1.82, 2.24) is 25.1 Å². The molecule has 0 aliphatic rings. The van der Waals surface area contributed by atoms with Crippen LogP contribution in [0.4, 0.5) is 0 Å². The number of aromatic nitrogens is 4. The van der Waals surface area contributed by atoms with Crippen molar-refractivity contribution in [3.8, 4) is 0 Å². The van der Waals surface area contributed by atoms with E-state index in [-0.39, 0.29) is 5.91 Å². The third kappa shape index (κ3) is 4.13. The summed E-state index contributed by atoms with van der Waals surface area (Å²) in [5.41, 5.74) is 1.10. The van der Waals surface area contributed by atoms with Crippen LogP contribution in [0.5, 0.6) is 0 Å². The van der Waals surface area contributed by atoms with Crippen LogP contribution in [0.3, 0.4) is 0 Å². The zero-order chi connectivity index (χ0) is 15.8. The van der Waals surface area contributed by atoms with Crippen molar-refractivity contribution in [3.05, 3.63) is 42.2 Å². The standard InChI is InChI=1S/C16H23N5O/c1-3-5-11-20(4-2)16(22)15(21-13-17-18-19-21)12-14-9-7-6-8-10-14/h6-10,13,15H,3-5,11-12H2,1-2H3. The van der Waals surface area contributed by atoms with Crippen molar-refractivity contribution >= 4 is 5.91 Å². The minimum absolute atomic E-state index is 0.0760. The van der Waals surface area contributed by atoms with Gasteiger partial charge in [-0.1, -0.05) is 43.7 Å². The smallest absolute Gasteiger partial charge is 0.247 e. The zero-order valence-corrected chi connectivity index (χ0v) is 13.2. The molecule has 2 aromatic rings. The Labute approximate surface area is 131 Å². The molecule has 1 amide bonds. The van der Waals surface area contributed by atoms with Crippen LogP contribution < -0.4 is 0 Å². The summed E-state index contributed by atoms with van der Waals surface area (Å²) in [6.07, 6.45) is 4.18. The number of amides is 1. The summed E-state index contributed by atoms with van der Waals surface area (Å²) in [7, 11) is 0. The van der Waals surface area contributed by atoms with Gasteiger partial charge in [-0.25, -0.2) is 4.68 Å². The van der Waals surface area contributed by atoms with Gasteiger partial charge in [0, 0.05) is 19.5 Å². The predicted octanol–water partition coefficient (Wildman–Crippen LogP) is 2.11. The molecule has 1 aromatic carbocycles. The average molecular weight is 301 g/mol. The van der Waals surface area contributed by atoms with Crippen LogP contribution in [0.2, 0.25) is 0 Å². The van der Waals surface area contributed by atoms with Crippen molar-refractivity contribution in [2.45, 2.75) is 39.2 Å². The predicted molar refractivity (Wildman–Crippen MR) is 84.2 cm³/mol. The van der Waals surface area contributed by atoms with Crippen LogP contribution in [-0.2, 0) is 11.2 Å². The van der Waals surface area contributed by atoms with Crippen LogP contribution >= 0.6 is 0 Å². The lowest BCUT2D eigenvalue weighted by Crippen LogP contribution is -2.39. The highest BCUT2D eigenvalue weighted by Crippen LogP contribution is 2.16. The second-order valence-electron chi connectivity index (χ2n) is 5.27. The molecular weight excluding hydrogens is 278 g/mol. The zero-order valence-electron chi connectivity index (χ0n) is 13.2. The first kappa shape index (κ1) is 16.1. The molecule has 0 spiro atoms. The monoisotopic (exact) mass is 301 g/mol. The first-order chi connectivity index (χ1) is 10.8. The summed E-state index contributed by atoms with van der Waals surface area (Å²) in [5, 5.41) is 11.3. The lowest BCUT2D eigenvalue weighted by molar-refractivity contribution is -0.135. The van der Waals surface area contributed by atoms with Gasteiger partial charge in [0.25, 0.3) is 0 Å². The largest absolute Gasteiger partial charge is 0.341 e. The summed E-state index contributed by atoms with van der Waals surface area (Å²) in [4.78, 5) is 14.8. The van der Waals surface area contributed by atoms with E-state index in [1.807, 2.05) is 42.2 Å². The Morgan fingerprint density at radius 1 is 1.27 bits per heavy atom. The molecule has 0 radical (unpaired) electrons. The third-order valence-electron chi connectivity index (χ3n) is 3.72. The van der Waals surface area contributed by atoms with E-state index in [0.29, 0.717) is 13.0 Å². The van der Waals surface area contributed by atoms with E-state index < -0.39 is 6.04 Å². The highest BCUT2D eigenvalue weighted by Gasteiger charge is 2.26. The summed E-state index contributed by atoms with van der Waals surface area (Å²) in [5.74, 6) is 0.0760. The van der Waals surface area contributed by atoms with Gasteiger partial charge in [-0.2, -0.15) is 0 Å². The molecular formula is C16H23N5O. The molecule has 1 heterocycles. The van der Waals surface area contributed by atoms with Crippen LogP contribution in [0.1, 0.15) is 38.3 Å². The summed E-state index contributed by atoms with van der Waals surface area (Å²) < 4.78 is 1.56. The molecule has 6 nitrogen and oxygen atoms in total. The number of carbonyl (C=O) groups is 1. The lowest BCUT2D eigenvalue weighted by Gasteiger charge is -2.26. The highest BCUT2D eigenvalue weighted by molar-refractivity contribution is 5.80. The Morgan fingerprint density at radius 3 is 2.64 bits per heavy atom. The van der Waals surface area contributed by atoms with Crippen LogP contribution in [0.15, 0.2) is 36.7 Å². The minimum Gasteiger partial charge on any atom is -0.341 e.